The summed E-state index contributed by atoms with van der Waals surface area (Å²) in [4.78, 5) is 4.72. The number of aliphatic hydroxyl groups is 1. The molecule has 0 spiro atoms. The standard InChI is InChI=1S/C15H27N3O3/c1-5-12(19)10-18-14(15(2,3)20-4)16-13(17-18)11-6-8-21-9-7-11/h11-12,19H,5-10H2,1-4H3/t12-/m1/s1. The molecule has 0 bridgehead atoms. The minimum absolute atomic E-state index is 0.338. The molecule has 0 aromatic carbocycles. The summed E-state index contributed by atoms with van der Waals surface area (Å²) in [6, 6.07) is 0. The number of hydrogen-bond donors (Lipinski definition) is 1. The van der Waals surface area contributed by atoms with E-state index in [1.54, 1.807) is 7.11 Å². The fourth-order valence-electron chi connectivity index (χ4n) is 2.48. The van der Waals surface area contributed by atoms with Gasteiger partial charge in [0.1, 0.15) is 5.60 Å². The second-order valence-electron chi connectivity index (χ2n) is 6.14. The SMILES string of the molecule is CC[C@@H](O)Cn1nc(C2CCOCC2)nc1C(C)(C)OC. The third kappa shape index (κ3) is 3.81. The van der Waals surface area contributed by atoms with Gasteiger partial charge < -0.3 is 14.6 Å². The molecule has 1 N–H and O–H groups in total. The van der Waals surface area contributed by atoms with E-state index in [2.05, 4.69) is 5.10 Å². The van der Waals surface area contributed by atoms with Crippen LogP contribution in [-0.2, 0) is 21.6 Å². The summed E-state index contributed by atoms with van der Waals surface area (Å²) in [7, 11) is 1.67. The molecule has 120 valence electrons. The molecule has 0 radical (unpaired) electrons. The van der Waals surface area contributed by atoms with Gasteiger partial charge in [0, 0.05) is 26.2 Å². The number of aromatic nitrogens is 3. The van der Waals surface area contributed by atoms with Crippen molar-refractivity contribution in [1.82, 2.24) is 14.8 Å². The summed E-state index contributed by atoms with van der Waals surface area (Å²) < 4.78 is 12.8. The Bertz CT molecular complexity index is 453. The minimum Gasteiger partial charge on any atom is -0.391 e. The molecular formula is C15H27N3O3. The fraction of sp³-hybridized carbons (Fsp3) is 0.867. The second-order valence-corrected chi connectivity index (χ2v) is 6.14. The van der Waals surface area contributed by atoms with Crippen molar-refractivity contribution in [2.75, 3.05) is 20.3 Å². The van der Waals surface area contributed by atoms with Crippen LogP contribution in [0.2, 0.25) is 0 Å². The molecule has 1 saturated heterocycles. The Kier molecular flexibility index (Phi) is 5.35. The minimum atomic E-state index is -0.524. The maximum Gasteiger partial charge on any atom is 0.159 e. The molecular weight excluding hydrogens is 270 g/mol. The highest BCUT2D eigenvalue weighted by Crippen LogP contribution is 2.28. The summed E-state index contributed by atoms with van der Waals surface area (Å²) in [5.41, 5.74) is -0.524. The van der Waals surface area contributed by atoms with Gasteiger partial charge in [-0.05, 0) is 33.1 Å². The van der Waals surface area contributed by atoms with Gasteiger partial charge in [-0.3, -0.25) is 0 Å². The Morgan fingerprint density at radius 2 is 2.10 bits per heavy atom. The van der Waals surface area contributed by atoms with Crippen molar-refractivity contribution in [1.29, 1.82) is 0 Å². The Morgan fingerprint density at radius 1 is 1.43 bits per heavy atom. The molecule has 2 heterocycles. The molecule has 1 aliphatic rings. The predicted octanol–water partition coefficient (Wildman–Crippen LogP) is 1.82. The number of hydrogen-bond acceptors (Lipinski definition) is 5. The molecule has 6 heteroatoms. The molecule has 0 aliphatic carbocycles. The monoisotopic (exact) mass is 297 g/mol. The lowest BCUT2D eigenvalue weighted by molar-refractivity contribution is 0.00536. The molecule has 0 saturated carbocycles. The number of aliphatic hydroxyl groups excluding tert-OH is 1. The van der Waals surface area contributed by atoms with Crippen molar-refractivity contribution in [3.63, 3.8) is 0 Å². The summed E-state index contributed by atoms with van der Waals surface area (Å²) in [5.74, 6) is 1.96. The third-order valence-corrected chi connectivity index (χ3v) is 4.18. The van der Waals surface area contributed by atoms with Crippen LogP contribution in [0.1, 0.15) is 57.6 Å². The predicted molar refractivity (Wildman–Crippen MR) is 79.1 cm³/mol. The second kappa shape index (κ2) is 6.85. The van der Waals surface area contributed by atoms with E-state index in [0.29, 0.717) is 18.9 Å². The summed E-state index contributed by atoms with van der Waals surface area (Å²) in [6.45, 7) is 7.88. The highest BCUT2D eigenvalue weighted by molar-refractivity contribution is 5.06. The molecule has 0 unspecified atom stereocenters. The molecule has 6 nitrogen and oxygen atoms in total. The maximum atomic E-state index is 9.94. The lowest BCUT2D eigenvalue weighted by atomic mass is 10.00. The van der Waals surface area contributed by atoms with Crippen LogP contribution < -0.4 is 0 Å². The van der Waals surface area contributed by atoms with Crippen molar-refractivity contribution >= 4 is 0 Å². The van der Waals surface area contributed by atoms with E-state index in [1.165, 1.54) is 0 Å². The molecule has 1 atom stereocenters. The molecule has 2 rings (SSSR count). The average Bonchev–Trinajstić information content (AvgIpc) is 2.92. The molecule has 0 amide bonds. The zero-order valence-corrected chi connectivity index (χ0v) is 13.5. The Labute approximate surface area is 126 Å². The smallest absolute Gasteiger partial charge is 0.159 e. The first kappa shape index (κ1) is 16.4. The van der Waals surface area contributed by atoms with Gasteiger partial charge in [-0.1, -0.05) is 6.92 Å². The largest absolute Gasteiger partial charge is 0.391 e. The van der Waals surface area contributed by atoms with Gasteiger partial charge in [-0.2, -0.15) is 5.10 Å². The Hall–Kier alpha value is -0.980. The van der Waals surface area contributed by atoms with Crippen LogP contribution in [-0.4, -0.2) is 46.3 Å². The average molecular weight is 297 g/mol. The van der Waals surface area contributed by atoms with Gasteiger partial charge in [-0.15, -0.1) is 0 Å². The molecule has 1 aliphatic heterocycles. The molecule has 1 aromatic rings. The number of methoxy groups -OCH3 is 1. The van der Waals surface area contributed by atoms with Gasteiger partial charge in [0.05, 0.1) is 12.6 Å². The molecule has 1 fully saturated rings. The van der Waals surface area contributed by atoms with E-state index in [1.807, 2.05) is 25.5 Å². The van der Waals surface area contributed by atoms with Crippen molar-refractivity contribution in [3.05, 3.63) is 11.6 Å². The van der Waals surface area contributed by atoms with E-state index in [-0.39, 0.29) is 0 Å². The number of nitrogens with zero attached hydrogens (tertiary/aromatic N) is 3. The Balaban J connectivity index is 2.29. The van der Waals surface area contributed by atoms with Gasteiger partial charge in [0.15, 0.2) is 11.6 Å². The van der Waals surface area contributed by atoms with Crippen molar-refractivity contribution in [3.8, 4) is 0 Å². The quantitative estimate of drug-likeness (QED) is 0.867. The highest BCUT2D eigenvalue weighted by Gasteiger charge is 2.30. The summed E-state index contributed by atoms with van der Waals surface area (Å²) >= 11 is 0. The van der Waals surface area contributed by atoms with Gasteiger partial charge >= 0.3 is 0 Å². The molecule has 21 heavy (non-hydrogen) atoms. The van der Waals surface area contributed by atoms with Crippen LogP contribution in [0.3, 0.4) is 0 Å². The van der Waals surface area contributed by atoms with Crippen LogP contribution in [0, 0.1) is 0 Å². The summed E-state index contributed by atoms with van der Waals surface area (Å²) in [6.07, 6.45) is 2.18. The summed E-state index contributed by atoms with van der Waals surface area (Å²) in [5, 5.41) is 14.6. The first-order chi connectivity index (χ1) is 9.97. The highest BCUT2D eigenvalue weighted by atomic mass is 16.5. The van der Waals surface area contributed by atoms with Crippen LogP contribution in [0.5, 0.6) is 0 Å². The normalized spacial score (nSPS) is 18.9. The molecule has 1 aromatic heterocycles. The van der Waals surface area contributed by atoms with Crippen molar-refractivity contribution in [2.24, 2.45) is 0 Å². The lowest BCUT2D eigenvalue weighted by Crippen LogP contribution is -2.28. The van der Waals surface area contributed by atoms with Crippen LogP contribution in [0.4, 0.5) is 0 Å². The first-order valence-corrected chi connectivity index (χ1v) is 7.74. The Morgan fingerprint density at radius 3 is 2.67 bits per heavy atom. The third-order valence-electron chi connectivity index (χ3n) is 4.18. The van der Waals surface area contributed by atoms with Gasteiger partial charge in [0.25, 0.3) is 0 Å². The van der Waals surface area contributed by atoms with E-state index in [0.717, 1.165) is 37.7 Å². The van der Waals surface area contributed by atoms with Crippen molar-refractivity contribution in [2.45, 2.75) is 64.2 Å². The fourth-order valence-corrected chi connectivity index (χ4v) is 2.48. The van der Waals surface area contributed by atoms with Gasteiger partial charge in [-0.25, -0.2) is 9.67 Å². The van der Waals surface area contributed by atoms with Crippen LogP contribution >= 0.6 is 0 Å². The van der Waals surface area contributed by atoms with Crippen LogP contribution in [0.25, 0.3) is 0 Å². The van der Waals surface area contributed by atoms with E-state index >= 15 is 0 Å². The zero-order valence-electron chi connectivity index (χ0n) is 13.5. The van der Waals surface area contributed by atoms with Crippen molar-refractivity contribution < 1.29 is 14.6 Å². The van der Waals surface area contributed by atoms with E-state index in [4.69, 9.17) is 14.5 Å². The topological polar surface area (TPSA) is 69.4 Å². The lowest BCUT2D eigenvalue weighted by Gasteiger charge is -2.23. The maximum absolute atomic E-state index is 9.94. The van der Waals surface area contributed by atoms with Crippen LogP contribution in [0.15, 0.2) is 0 Å². The van der Waals surface area contributed by atoms with Gasteiger partial charge in [0.2, 0.25) is 0 Å². The zero-order chi connectivity index (χ0) is 15.5. The van der Waals surface area contributed by atoms with E-state index < -0.39 is 11.7 Å². The number of ether oxygens (including phenoxy) is 2. The first-order valence-electron chi connectivity index (χ1n) is 7.74. The van der Waals surface area contributed by atoms with E-state index in [9.17, 15) is 5.11 Å². The number of rotatable bonds is 6.